The Morgan fingerprint density at radius 2 is 1.95 bits per heavy atom. The van der Waals surface area contributed by atoms with Crippen LogP contribution in [0.5, 0.6) is 11.5 Å². The molecule has 1 fully saturated rings. The summed E-state index contributed by atoms with van der Waals surface area (Å²) in [4.78, 5) is 29.6. The van der Waals surface area contributed by atoms with Crippen LogP contribution in [0.15, 0.2) is 46.8 Å². The van der Waals surface area contributed by atoms with Gasteiger partial charge in [-0.25, -0.2) is 4.79 Å². The molecule has 238 valence electrons. The van der Waals surface area contributed by atoms with Gasteiger partial charge in [-0.1, -0.05) is 0 Å². The molecule has 11 heteroatoms. The quantitative estimate of drug-likeness (QED) is 0.325. The number of ether oxygens (including phenoxy) is 4. The van der Waals surface area contributed by atoms with Crippen LogP contribution in [0, 0.1) is 0 Å². The number of carbonyl (C=O) groups is 2. The fraction of sp³-hybridized carbons (Fsp3) is 0.576. The molecule has 1 spiro atoms. The van der Waals surface area contributed by atoms with Crippen LogP contribution in [0.3, 0.4) is 0 Å². The number of carbonyl (C=O) groups excluding carboxylic acids is 2. The van der Waals surface area contributed by atoms with Crippen molar-refractivity contribution in [2.75, 3.05) is 27.0 Å². The minimum Gasteiger partial charge on any atom is -0.497 e. The normalized spacial score (nSPS) is 25.2. The van der Waals surface area contributed by atoms with E-state index in [2.05, 4.69) is 16.3 Å². The molecular weight excluding hydrogens is 568 g/mol. The van der Waals surface area contributed by atoms with Gasteiger partial charge in [0.15, 0.2) is 23.2 Å². The number of esters is 1. The Hall–Kier alpha value is -3.54. The van der Waals surface area contributed by atoms with E-state index in [9.17, 15) is 19.8 Å². The highest BCUT2D eigenvalue weighted by atomic mass is 16.7. The predicted molar refractivity (Wildman–Crippen MR) is 158 cm³/mol. The number of nitrogens with zero attached hydrogens (tertiary/aromatic N) is 1. The van der Waals surface area contributed by atoms with Crippen LogP contribution in [0.1, 0.15) is 75.2 Å². The molecule has 0 bridgehead atoms. The molecule has 0 unspecified atom stereocenters. The number of amides is 1. The van der Waals surface area contributed by atoms with E-state index < -0.39 is 41.1 Å². The predicted octanol–water partition coefficient (Wildman–Crippen LogP) is 3.32. The van der Waals surface area contributed by atoms with Gasteiger partial charge < -0.3 is 38.9 Å². The van der Waals surface area contributed by atoms with E-state index >= 15 is 0 Å². The Bertz CT molecular complexity index is 1410. The maximum Gasteiger partial charge on any atom is 0.339 e. The van der Waals surface area contributed by atoms with Crippen molar-refractivity contribution in [3.63, 3.8) is 0 Å². The first-order valence-electron chi connectivity index (χ1n) is 15.4. The van der Waals surface area contributed by atoms with Gasteiger partial charge >= 0.3 is 5.97 Å². The molecule has 11 nitrogen and oxygen atoms in total. The second-order valence-electron chi connectivity index (χ2n) is 13.0. The van der Waals surface area contributed by atoms with Crippen molar-refractivity contribution in [2.24, 2.45) is 0 Å². The van der Waals surface area contributed by atoms with Gasteiger partial charge in [0.05, 0.1) is 43.4 Å². The van der Waals surface area contributed by atoms with Crippen LogP contribution < -0.4 is 14.8 Å². The third-order valence-corrected chi connectivity index (χ3v) is 9.45. The van der Waals surface area contributed by atoms with Gasteiger partial charge in [0.25, 0.3) is 0 Å². The fourth-order valence-corrected chi connectivity index (χ4v) is 7.32. The summed E-state index contributed by atoms with van der Waals surface area (Å²) in [6, 6.07) is 7.46. The van der Waals surface area contributed by atoms with Gasteiger partial charge in [-0.15, -0.1) is 0 Å². The standard InChI is InChI=1S/C33H42N2O9/c1-31(2,38)9-5-11-33(39,18-27(36)34-19-22-7-4-14-41-22)30(37)44-29-26(40-3)17-32-10-6-12-35(32)13-8-21-15-24-25(43-20-42-24)16-23(21)28(29)32/h4,7,14-17,28-29,38-39H,5-6,8-13,18-20H2,1-3H3,(H,34,36)/t28-,29-,32+,33-/m1/s1. The summed E-state index contributed by atoms with van der Waals surface area (Å²) in [5, 5.41) is 24.8. The molecule has 4 heterocycles. The van der Waals surface area contributed by atoms with E-state index in [1.165, 1.54) is 6.26 Å². The first-order valence-corrected chi connectivity index (χ1v) is 15.4. The minimum absolute atomic E-state index is 0.0695. The largest absolute Gasteiger partial charge is 0.497 e. The third kappa shape index (κ3) is 5.80. The van der Waals surface area contributed by atoms with Crippen molar-refractivity contribution in [1.82, 2.24) is 10.2 Å². The lowest BCUT2D eigenvalue weighted by Crippen LogP contribution is -2.50. The molecule has 3 N–H and O–H groups in total. The SMILES string of the molecule is COC1=C[C@]23CCCN2CCc2cc4c(cc2[C@@H]3[C@@H]1OC(=O)[C@@](O)(CCCC(C)(C)O)CC(=O)NCc1ccco1)OCO4. The molecule has 1 saturated heterocycles. The number of methoxy groups -OCH3 is 1. The molecule has 2 aromatic rings. The van der Waals surface area contributed by atoms with Gasteiger partial charge in [0.1, 0.15) is 11.5 Å². The average Bonchev–Trinajstić information content (AvgIpc) is 3.77. The molecule has 0 saturated carbocycles. The van der Waals surface area contributed by atoms with Gasteiger partial charge in [0.2, 0.25) is 12.7 Å². The number of rotatable bonds is 11. The summed E-state index contributed by atoms with van der Waals surface area (Å²) in [6.07, 6.45) is 5.45. The Morgan fingerprint density at radius 1 is 1.16 bits per heavy atom. The number of fused-ring (bicyclic) bond motifs is 3. The van der Waals surface area contributed by atoms with E-state index in [1.807, 2.05) is 12.1 Å². The molecule has 0 radical (unpaired) electrons. The van der Waals surface area contributed by atoms with Crippen LogP contribution in [0.4, 0.5) is 0 Å². The number of hydrogen-bond acceptors (Lipinski definition) is 10. The second kappa shape index (κ2) is 11.8. The maximum absolute atomic E-state index is 14.1. The van der Waals surface area contributed by atoms with Crippen molar-refractivity contribution in [1.29, 1.82) is 0 Å². The van der Waals surface area contributed by atoms with Crippen LogP contribution in [-0.2, 0) is 32.0 Å². The lowest BCUT2D eigenvalue weighted by atomic mass is 9.77. The molecule has 44 heavy (non-hydrogen) atoms. The molecule has 1 aromatic heterocycles. The zero-order valence-electron chi connectivity index (χ0n) is 25.6. The van der Waals surface area contributed by atoms with E-state index in [4.69, 9.17) is 23.4 Å². The van der Waals surface area contributed by atoms with Crippen LogP contribution >= 0.6 is 0 Å². The number of benzene rings is 1. The van der Waals surface area contributed by atoms with Gasteiger partial charge in [-0.2, -0.15) is 0 Å². The summed E-state index contributed by atoms with van der Waals surface area (Å²) in [5.41, 5.74) is -1.48. The van der Waals surface area contributed by atoms with Crippen molar-refractivity contribution < 1.29 is 43.2 Å². The van der Waals surface area contributed by atoms with E-state index in [1.54, 1.807) is 33.1 Å². The molecule has 1 aromatic carbocycles. The Balaban J connectivity index is 1.30. The number of furan rings is 1. The van der Waals surface area contributed by atoms with Gasteiger partial charge in [-0.05, 0) is 100 Å². The highest BCUT2D eigenvalue weighted by Gasteiger charge is 2.59. The molecule has 6 rings (SSSR count). The first kappa shape index (κ1) is 30.5. The first-order chi connectivity index (χ1) is 21.0. The van der Waals surface area contributed by atoms with Crippen LogP contribution in [0.2, 0.25) is 0 Å². The fourth-order valence-electron chi connectivity index (χ4n) is 7.32. The summed E-state index contributed by atoms with van der Waals surface area (Å²) in [6.45, 7) is 5.33. The molecular formula is C33H42N2O9. The van der Waals surface area contributed by atoms with Crippen molar-refractivity contribution in [2.45, 2.75) is 94.1 Å². The van der Waals surface area contributed by atoms with Crippen molar-refractivity contribution in [3.8, 4) is 11.5 Å². The summed E-state index contributed by atoms with van der Waals surface area (Å²) >= 11 is 0. The van der Waals surface area contributed by atoms with E-state index in [0.29, 0.717) is 35.9 Å². The average molecular weight is 611 g/mol. The minimum atomic E-state index is -2.13. The molecule has 1 aliphatic carbocycles. The second-order valence-corrected chi connectivity index (χ2v) is 13.0. The van der Waals surface area contributed by atoms with E-state index in [-0.39, 0.29) is 25.7 Å². The molecule has 4 atom stereocenters. The Morgan fingerprint density at radius 3 is 2.68 bits per heavy atom. The monoisotopic (exact) mass is 610 g/mol. The van der Waals surface area contributed by atoms with Gasteiger partial charge in [-0.3, -0.25) is 9.69 Å². The Labute approximate surface area is 257 Å². The zero-order valence-corrected chi connectivity index (χ0v) is 25.6. The summed E-state index contributed by atoms with van der Waals surface area (Å²) < 4.78 is 28.9. The van der Waals surface area contributed by atoms with Crippen LogP contribution in [0.25, 0.3) is 0 Å². The summed E-state index contributed by atoms with van der Waals surface area (Å²) in [7, 11) is 1.56. The smallest absolute Gasteiger partial charge is 0.339 e. The topological polar surface area (TPSA) is 140 Å². The maximum atomic E-state index is 14.1. The van der Waals surface area contributed by atoms with Crippen molar-refractivity contribution >= 4 is 11.9 Å². The molecule has 3 aliphatic heterocycles. The Kier molecular flexibility index (Phi) is 8.15. The highest BCUT2D eigenvalue weighted by Crippen LogP contribution is 2.55. The summed E-state index contributed by atoms with van der Waals surface area (Å²) in [5.74, 6) is 0.676. The molecule has 1 amide bonds. The lowest BCUT2D eigenvalue weighted by Gasteiger charge is -2.39. The van der Waals surface area contributed by atoms with Crippen molar-refractivity contribution in [3.05, 3.63) is 59.3 Å². The molecule has 4 aliphatic rings. The van der Waals surface area contributed by atoms with Gasteiger partial charge in [0, 0.05) is 6.54 Å². The van der Waals surface area contributed by atoms with Crippen LogP contribution in [-0.4, -0.2) is 76.8 Å². The highest BCUT2D eigenvalue weighted by molar-refractivity contribution is 5.88. The third-order valence-electron chi connectivity index (χ3n) is 9.45. The number of hydrogen-bond donors (Lipinski definition) is 3. The lowest BCUT2D eigenvalue weighted by molar-refractivity contribution is -0.176. The number of nitrogens with one attached hydrogen (secondary N) is 1. The number of aliphatic hydroxyl groups is 2. The zero-order chi connectivity index (χ0) is 31.1. The van der Waals surface area contributed by atoms with E-state index in [0.717, 1.165) is 43.5 Å².